The molecule has 176 valence electrons. The SMILES string of the molecule is COc1cccc(NCc2nnc(SCc3nc(-c4ccccc4)no3)n2C2CCCCC2)c1. The molecule has 2 aromatic carbocycles. The summed E-state index contributed by atoms with van der Waals surface area (Å²) < 4.78 is 13.1. The average Bonchev–Trinajstić information content (AvgIpc) is 3.54. The van der Waals surface area contributed by atoms with Crippen molar-refractivity contribution in [2.24, 2.45) is 0 Å². The van der Waals surface area contributed by atoms with E-state index in [1.54, 1.807) is 18.9 Å². The Morgan fingerprint density at radius 1 is 1.06 bits per heavy atom. The summed E-state index contributed by atoms with van der Waals surface area (Å²) >= 11 is 1.60. The van der Waals surface area contributed by atoms with E-state index >= 15 is 0 Å². The van der Waals surface area contributed by atoms with Crippen LogP contribution in [0.2, 0.25) is 0 Å². The van der Waals surface area contributed by atoms with Gasteiger partial charge in [-0.1, -0.05) is 72.6 Å². The highest BCUT2D eigenvalue weighted by atomic mass is 32.2. The topological polar surface area (TPSA) is 90.9 Å². The lowest BCUT2D eigenvalue weighted by atomic mass is 9.95. The maximum atomic E-state index is 5.50. The highest BCUT2D eigenvalue weighted by molar-refractivity contribution is 7.98. The fraction of sp³-hybridized carbons (Fsp3) is 0.360. The maximum Gasteiger partial charge on any atom is 0.237 e. The molecule has 34 heavy (non-hydrogen) atoms. The third kappa shape index (κ3) is 5.25. The van der Waals surface area contributed by atoms with Crippen LogP contribution < -0.4 is 10.1 Å². The summed E-state index contributed by atoms with van der Waals surface area (Å²) in [5, 5.41) is 17.6. The molecule has 1 fully saturated rings. The van der Waals surface area contributed by atoms with E-state index in [0.29, 0.717) is 30.1 Å². The summed E-state index contributed by atoms with van der Waals surface area (Å²) in [5.74, 6) is 3.50. The standard InChI is InChI=1S/C25H28N6O2S/c1-32-21-14-8-11-19(15-21)26-16-22-28-29-25(31(22)20-12-6-3-7-13-20)34-17-23-27-24(30-33-23)18-9-4-2-5-10-18/h2,4-5,8-11,14-15,20,26H,3,6-7,12-13,16-17H2,1H3. The number of aromatic nitrogens is 5. The number of thioether (sulfide) groups is 1. The number of hydrogen-bond acceptors (Lipinski definition) is 8. The lowest BCUT2D eigenvalue weighted by molar-refractivity contribution is 0.329. The molecule has 1 saturated carbocycles. The fourth-order valence-electron chi connectivity index (χ4n) is 4.29. The Morgan fingerprint density at radius 2 is 1.91 bits per heavy atom. The predicted octanol–water partition coefficient (Wildman–Crippen LogP) is 5.75. The van der Waals surface area contributed by atoms with Gasteiger partial charge in [0.1, 0.15) is 5.75 Å². The third-order valence-electron chi connectivity index (χ3n) is 6.02. The number of nitrogens with zero attached hydrogens (tertiary/aromatic N) is 5. The molecular formula is C25H28N6O2S. The van der Waals surface area contributed by atoms with Crippen molar-refractivity contribution in [3.05, 3.63) is 66.3 Å². The van der Waals surface area contributed by atoms with E-state index in [-0.39, 0.29) is 0 Å². The number of methoxy groups -OCH3 is 1. The van der Waals surface area contributed by atoms with Crippen molar-refractivity contribution in [1.82, 2.24) is 24.9 Å². The van der Waals surface area contributed by atoms with Crippen molar-refractivity contribution in [3.8, 4) is 17.1 Å². The summed E-state index contributed by atoms with van der Waals surface area (Å²) in [6.45, 7) is 0.593. The molecular weight excluding hydrogens is 448 g/mol. The minimum atomic E-state index is 0.413. The quantitative estimate of drug-likeness (QED) is 0.306. The molecule has 4 aromatic rings. The van der Waals surface area contributed by atoms with Gasteiger partial charge in [0.05, 0.1) is 19.4 Å². The van der Waals surface area contributed by atoms with E-state index in [4.69, 9.17) is 9.26 Å². The molecule has 2 heterocycles. The number of nitrogens with one attached hydrogen (secondary N) is 1. The van der Waals surface area contributed by atoms with Gasteiger partial charge in [0.2, 0.25) is 11.7 Å². The van der Waals surface area contributed by atoms with Gasteiger partial charge in [-0.05, 0) is 25.0 Å². The number of ether oxygens (including phenoxy) is 1. The van der Waals surface area contributed by atoms with Gasteiger partial charge >= 0.3 is 0 Å². The van der Waals surface area contributed by atoms with Gasteiger partial charge in [0.25, 0.3) is 0 Å². The van der Waals surface area contributed by atoms with E-state index in [0.717, 1.165) is 40.8 Å². The van der Waals surface area contributed by atoms with E-state index in [9.17, 15) is 0 Å². The zero-order chi connectivity index (χ0) is 23.2. The second-order valence-electron chi connectivity index (χ2n) is 8.31. The molecule has 0 radical (unpaired) electrons. The van der Waals surface area contributed by atoms with Gasteiger partial charge in [-0.15, -0.1) is 10.2 Å². The van der Waals surface area contributed by atoms with Crippen molar-refractivity contribution >= 4 is 17.4 Å². The lowest BCUT2D eigenvalue weighted by Crippen LogP contribution is -2.18. The van der Waals surface area contributed by atoms with Crippen LogP contribution in [0, 0.1) is 0 Å². The van der Waals surface area contributed by atoms with Gasteiger partial charge in [-0.25, -0.2) is 0 Å². The Bertz CT molecular complexity index is 1200. The lowest BCUT2D eigenvalue weighted by Gasteiger charge is -2.25. The minimum absolute atomic E-state index is 0.413. The van der Waals surface area contributed by atoms with Crippen LogP contribution in [-0.2, 0) is 12.3 Å². The first-order valence-corrected chi connectivity index (χ1v) is 12.6. The maximum absolute atomic E-state index is 5.50. The van der Waals surface area contributed by atoms with Crippen molar-refractivity contribution in [1.29, 1.82) is 0 Å². The molecule has 0 spiro atoms. The van der Waals surface area contributed by atoms with Crippen molar-refractivity contribution in [2.45, 2.75) is 55.6 Å². The van der Waals surface area contributed by atoms with Crippen LogP contribution in [-0.4, -0.2) is 32.0 Å². The van der Waals surface area contributed by atoms with Crippen LogP contribution in [0.5, 0.6) is 5.75 Å². The summed E-state index contributed by atoms with van der Waals surface area (Å²) in [6, 6.07) is 18.2. The molecule has 1 aliphatic rings. The predicted molar refractivity (Wildman–Crippen MR) is 132 cm³/mol. The largest absolute Gasteiger partial charge is 0.497 e. The van der Waals surface area contributed by atoms with Crippen LogP contribution in [0.4, 0.5) is 5.69 Å². The van der Waals surface area contributed by atoms with Crippen molar-refractivity contribution in [2.75, 3.05) is 12.4 Å². The Hall–Kier alpha value is -3.33. The number of anilines is 1. The molecule has 0 amide bonds. The highest BCUT2D eigenvalue weighted by Gasteiger charge is 2.23. The highest BCUT2D eigenvalue weighted by Crippen LogP contribution is 2.34. The Labute approximate surface area is 203 Å². The average molecular weight is 477 g/mol. The smallest absolute Gasteiger partial charge is 0.237 e. The molecule has 0 saturated heterocycles. The molecule has 0 aliphatic heterocycles. The number of rotatable bonds is 9. The van der Waals surface area contributed by atoms with Crippen LogP contribution in [0.3, 0.4) is 0 Å². The van der Waals surface area contributed by atoms with E-state index < -0.39 is 0 Å². The normalized spacial score (nSPS) is 14.3. The second-order valence-corrected chi connectivity index (χ2v) is 9.26. The summed E-state index contributed by atoms with van der Waals surface area (Å²) in [7, 11) is 1.68. The molecule has 8 nitrogen and oxygen atoms in total. The van der Waals surface area contributed by atoms with E-state index in [1.807, 2.05) is 54.6 Å². The van der Waals surface area contributed by atoms with Gasteiger partial charge in [0.15, 0.2) is 11.0 Å². The second kappa shape index (κ2) is 10.7. The molecule has 2 aromatic heterocycles. The molecule has 9 heteroatoms. The molecule has 0 atom stereocenters. The van der Waals surface area contributed by atoms with Crippen molar-refractivity contribution in [3.63, 3.8) is 0 Å². The van der Waals surface area contributed by atoms with Crippen LogP contribution in [0.25, 0.3) is 11.4 Å². The van der Waals surface area contributed by atoms with E-state index in [2.05, 4.69) is 30.2 Å². The summed E-state index contributed by atoms with van der Waals surface area (Å²) in [5.41, 5.74) is 1.94. The zero-order valence-corrected chi connectivity index (χ0v) is 20.0. The van der Waals surface area contributed by atoms with Gasteiger partial charge < -0.3 is 19.1 Å². The molecule has 1 N–H and O–H groups in total. The molecule has 1 aliphatic carbocycles. The third-order valence-corrected chi connectivity index (χ3v) is 6.95. The molecule has 0 unspecified atom stereocenters. The van der Waals surface area contributed by atoms with Gasteiger partial charge in [-0.3, -0.25) is 0 Å². The fourth-order valence-corrected chi connectivity index (χ4v) is 5.15. The van der Waals surface area contributed by atoms with Crippen molar-refractivity contribution < 1.29 is 9.26 Å². The van der Waals surface area contributed by atoms with Crippen LogP contribution in [0.15, 0.2) is 64.3 Å². The molecule has 5 rings (SSSR count). The summed E-state index contributed by atoms with van der Waals surface area (Å²) in [6.07, 6.45) is 6.06. The number of hydrogen-bond donors (Lipinski definition) is 1. The summed E-state index contributed by atoms with van der Waals surface area (Å²) in [4.78, 5) is 4.56. The monoisotopic (exact) mass is 476 g/mol. The minimum Gasteiger partial charge on any atom is -0.497 e. The first-order valence-electron chi connectivity index (χ1n) is 11.6. The zero-order valence-electron chi connectivity index (χ0n) is 19.2. The van der Waals surface area contributed by atoms with Crippen LogP contribution in [0.1, 0.15) is 49.9 Å². The van der Waals surface area contributed by atoms with Crippen LogP contribution >= 0.6 is 11.8 Å². The first kappa shape index (κ1) is 22.5. The Kier molecular flexibility index (Phi) is 7.09. The Balaban J connectivity index is 1.31. The first-order chi connectivity index (χ1) is 16.8. The van der Waals surface area contributed by atoms with Gasteiger partial charge in [-0.2, -0.15) is 4.98 Å². The molecule has 0 bridgehead atoms. The Morgan fingerprint density at radius 3 is 2.74 bits per heavy atom. The van der Waals surface area contributed by atoms with E-state index in [1.165, 1.54) is 19.3 Å². The van der Waals surface area contributed by atoms with Gasteiger partial charge in [0, 0.05) is 23.4 Å². The number of benzene rings is 2.